The number of thioether (sulfide) groups is 1. The van der Waals surface area contributed by atoms with Gasteiger partial charge >= 0.3 is 0 Å². The SMILES string of the molecule is CCc1cc2c(C)cc(C)cc2nc1SCC(=O)Nc1nc(C)cs1. The van der Waals surface area contributed by atoms with Crippen LogP contribution in [0.25, 0.3) is 10.9 Å². The number of carbonyl (C=O) groups is 1. The van der Waals surface area contributed by atoms with Gasteiger partial charge in [-0.1, -0.05) is 24.8 Å². The molecule has 1 amide bonds. The number of nitrogens with zero attached hydrogens (tertiary/aromatic N) is 2. The second kappa shape index (κ2) is 7.54. The number of carbonyl (C=O) groups excluding carboxylic acids is 1. The van der Waals surface area contributed by atoms with Gasteiger partial charge in [-0.05, 0) is 56.0 Å². The summed E-state index contributed by atoms with van der Waals surface area (Å²) in [5, 5.41) is 7.54. The maximum atomic E-state index is 12.2. The molecule has 1 N–H and O–H groups in total. The molecule has 25 heavy (non-hydrogen) atoms. The number of nitrogens with one attached hydrogen (secondary N) is 1. The molecule has 0 saturated heterocycles. The lowest BCUT2D eigenvalue weighted by Gasteiger charge is -2.11. The molecule has 0 saturated carbocycles. The number of anilines is 1. The molecule has 0 spiro atoms. The molecule has 2 heterocycles. The van der Waals surface area contributed by atoms with Gasteiger partial charge in [-0.2, -0.15) is 0 Å². The van der Waals surface area contributed by atoms with E-state index in [1.54, 1.807) is 0 Å². The molecule has 0 fully saturated rings. The first-order valence-corrected chi connectivity index (χ1v) is 10.1. The lowest BCUT2D eigenvalue weighted by atomic mass is 10.0. The number of pyridine rings is 1. The molecule has 0 aliphatic rings. The fourth-order valence-electron chi connectivity index (χ4n) is 2.73. The molecule has 4 nitrogen and oxygen atoms in total. The van der Waals surface area contributed by atoms with Crippen LogP contribution in [0.15, 0.2) is 28.6 Å². The van der Waals surface area contributed by atoms with Crippen LogP contribution in [0.4, 0.5) is 5.13 Å². The van der Waals surface area contributed by atoms with E-state index in [0.717, 1.165) is 22.7 Å². The van der Waals surface area contributed by atoms with E-state index in [1.165, 1.54) is 45.2 Å². The van der Waals surface area contributed by atoms with Gasteiger partial charge in [-0.15, -0.1) is 11.3 Å². The Morgan fingerprint density at radius 2 is 2.00 bits per heavy atom. The summed E-state index contributed by atoms with van der Waals surface area (Å²) in [5.74, 6) is 0.276. The molecule has 0 aliphatic carbocycles. The molecule has 3 rings (SSSR count). The van der Waals surface area contributed by atoms with E-state index in [1.807, 2.05) is 12.3 Å². The highest BCUT2D eigenvalue weighted by Crippen LogP contribution is 2.28. The number of hydrogen-bond donors (Lipinski definition) is 1. The van der Waals surface area contributed by atoms with Crippen molar-refractivity contribution in [2.24, 2.45) is 0 Å². The average Bonchev–Trinajstić information content (AvgIpc) is 2.96. The number of benzene rings is 1. The predicted molar refractivity (Wildman–Crippen MR) is 107 cm³/mol. The van der Waals surface area contributed by atoms with E-state index in [-0.39, 0.29) is 5.91 Å². The molecule has 0 bridgehead atoms. The Kier molecular flexibility index (Phi) is 5.39. The highest BCUT2D eigenvalue weighted by atomic mass is 32.2. The van der Waals surface area contributed by atoms with Crippen LogP contribution in [0.2, 0.25) is 0 Å². The van der Waals surface area contributed by atoms with Gasteiger partial charge in [-0.3, -0.25) is 4.79 Å². The van der Waals surface area contributed by atoms with Crippen LogP contribution in [-0.2, 0) is 11.2 Å². The topological polar surface area (TPSA) is 54.9 Å². The maximum Gasteiger partial charge on any atom is 0.236 e. The first-order chi connectivity index (χ1) is 12.0. The minimum Gasteiger partial charge on any atom is -0.301 e. The Bertz CT molecular complexity index is 934. The van der Waals surface area contributed by atoms with Gasteiger partial charge in [0, 0.05) is 10.8 Å². The molecule has 1 aromatic carbocycles. The molecular weight excluding hydrogens is 350 g/mol. The summed E-state index contributed by atoms with van der Waals surface area (Å²) in [4.78, 5) is 21.3. The average molecular weight is 372 g/mol. The van der Waals surface area contributed by atoms with Gasteiger partial charge in [0.2, 0.25) is 5.91 Å². The van der Waals surface area contributed by atoms with E-state index >= 15 is 0 Å². The van der Waals surface area contributed by atoms with Crippen LogP contribution in [-0.4, -0.2) is 21.6 Å². The van der Waals surface area contributed by atoms with Gasteiger partial charge in [0.15, 0.2) is 5.13 Å². The zero-order valence-electron chi connectivity index (χ0n) is 14.8. The van der Waals surface area contributed by atoms with Crippen LogP contribution in [0, 0.1) is 20.8 Å². The first-order valence-electron chi connectivity index (χ1n) is 8.22. The zero-order chi connectivity index (χ0) is 18.0. The Morgan fingerprint density at radius 3 is 2.68 bits per heavy atom. The Morgan fingerprint density at radius 1 is 1.20 bits per heavy atom. The molecular formula is C19H21N3OS2. The third-order valence-electron chi connectivity index (χ3n) is 3.91. The van der Waals surface area contributed by atoms with Crippen LogP contribution < -0.4 is 5.32 Å². The normalized spacial score (nSPS) is 11.0. The molecule has 6 heteroatoms. The highest BCUT2D eigenvalue weighted by molar-refractivity contribution is 8.00. The number of fused-ring (bicyclic) bond motifs is 1. The molecule has 3 aromatic rings. The number of rotatable bonds is 5. The quantitative estimate of drug-likeness (QED) is 0.648. The van der Waals surface area contributed by atoms with Crippen molar-refractivity contribution in [1.82, 2.24) is 9.97 Å². The van der Waals surface area contributed by atoms with Crippen molar-refractivity contribution in [2.75, 3.05) is 11.1 Å². The van der Waals surface area contributed by atoms with Crippen molar-refractivity contribution in [3.05, 3.63) is 46.0 Å². The maximum absolute atomic E-state index is 12.2. The number of amides is 1. The Hall–Kier alpha value is -1.92. The van der Waals surface area contributed by atoms with Crippen molar-refractivity contribution in [3.8, 4) is 0 Å². The summed E-state index contributed by atoms with van der Waals surface area (Å²) in [6, 6.07) is 6.49. The number of aryl methyl sites for hydroxylation is 4. The molecule has 0 atom stereocenters. The van der Waals surface area contributed by atoms with Crippen molar-refractivity contribution < 1.29 is 4.79 Å². The summed E-state index contributed by atoms with van der Waals surface area (Å²) in [7, 11) is 0. The summed E-state index contributed by atoms with van der Waals surface area (Å²) in [5.41, 5.74) is 5.54. The van der Waals surface area contributed by atoms with Crippen LogP contribution in [0.3, 0.4) is 0 Å². The van der Waals surface area contributed by atoms with E-state index in [0.29, 0.717) is 10.9 Å². The molecule has 0 radical (unpaired) electrons. The zero-order valence-corrected chi connectivity index (χ0v) is 16.5. The van der Waals surface area contributed by atoms with Crippen molar-refractivity contribution in [3.63, 3.8) is 0 Å². The van der Waals surface area contributed by atoms with Gasteiger partial charge < -0.3 is 5.32 Å². The van der Waals surface area contributed by atoms with E-state index in [2.05, 4.69) is 49.3 Å². The molecule has 0 unspecified atom stereocenters. The smallest absolute Gasteiger partial charge is 0.236 e. The van der Waals surface area contributed by atoms with Crippen LogP contribution in [0.5, 0.6) is 0 Å². The summed E-state index contributed by atoms with van der Waals surface area (Å²) in [6.45, 7) is 8.23. The minimum atomic E-state index is -0.0521. The first kappa shape index (κ1) is 17.9. The van der Waals surface area contributed by atoms with Crippen molar-refractivity contribution in [1.29, 1.82) is 0 Å². The standard InChI is InChI=1S/C19H21N3OS2/c1-5-14-8-15-12(3)6-11(2)7-16(15)21-18(14)24-10-17(23)22-19-20-13(4)9-25-19/h6-9H,5,10H2,1-4H3,(H,20,22,23). The van der Waals surface area contributed by atoms with Crippen LogP contribution >= 0.6 is 23.1 Å². The third-order valence-corrected chi connectivity index (χ3v) is 5.82. The fraction of sp³-hybridized carbons (Fsp3) is 0.316. The highest BCUT2D eigenvalue weighted by Gasteiger charge is 2.12. The van der Waals surface area contributed by atoms with E-state index in [9.17, 15) is 4.79 Å². The van der Waals surface area contributed by atoms with Gasteiger partial charge in [0.05, 0.1) is 17.0 Å². The van der Waals surface area contributed by atoms with Crippen molar-refractivity contribution in [2.45, 2.75) is 39.1 Å². The predicted octanol–water partition coefficient (Wildman–Crippen LogP) is 4.91. The molecule has 2 aromatic heterocycles. The number of thiazole rings is 1. The monoisotopic (exact) mass is 371 g/mol. The Balaban J connectivity index is 1.79. The lowest BCUT2D eigenvalue weighted by molar-refractivity contribution is -0.113. The second-order valence-electron chi connectivity index (χ2n) is 6.09. The van der Waals surface area contributed by atoms with Crippen LogP contribution in [0.1, 0.15) is 29.3 Å². The fourth-order valence-corrected chi connectivity index (χ4v) is 4.33. The summed E-state index contributed by atoms with van der Waals surface area (Å²) >= 11 is 2.93. The van der Waals surface area contributed by atoms with Gasteiger partial charge in [0.1, 0.15) is 5.03 Å². The Labute approximate surface area is 156 Å². The third kappa shape index (κ3) is 4.19. The summed E-state index contributed by atoms with van der Waals surface area (Å²) < 4.78 is 0. The number of aromatic nitrogens is 2. The molecule has 130 valence electrons. The van der Waals surface area contributed by atoms with Gasteiger partial charge in [-0.25, -0.2) is 9.97 Å². The van der Waals surface area contributed by atoms with Gasteiger partial charge in [0.25, 0.3) is 0 Å². The summed E-state index contributed by atoms with van der Waals surface area (Å²) in [6.07, 6.45) is 0.895. The molecule has 0 aliphatic heterocycles. The largest absolute Gasteiger partial charge is 0.301 e. The number of hydrogen-bond acceptors (Lipinski definition) is 5. The van der Waals surface area contributed by atoms with E-state index in [4.69, 9.17) is 4.98 Å². The second-order valence-corrected chi connectivity index (χ2v) is 7.91. The van der Waals surface area contributed by atoms with E-state index < -0.39 is 0 Å². The van der Waals surface area contributed by atoms with Crippen molar-refractivity contribution >= 4 is 45.0 Å². The minimum absolute atomic E-state index is 0.0521. The lowest BCUT2D eigenvalue weighted by Crippen LogP contribution is -2.14.